The van der Waals surface area contributed by atoms with Gasteiger partial charge in [-0.05, 0) is 44.2 Å². The predicted octanol–water partition coefficient (Wildman–Crippen LogP) is 1.99. The van der Waals surface area contributed by atoms with Crippen LogP contribution in [0, 0.1) is 5.92 Å². The first-order valence-corrected chi connectivity index (χ1v) is 9.64. The molecule has 138 valence electrons. The van der Waals surface area contributed by atoms with Crippen LogP contribution in [0.2, 0.25) is 0 Å². The second-order valence-electron chi connectivity index (χ2n) is 6.77. The topological polar surface area (TPSA) is 53.0 Å². The van der Waals surface area contributed by atoms with Crippen molar-refractivity contribution >= 4 is 11.8 Å². The van der Waals surface area contributed by atoms with Crippen LogP contribution in [0.25, 0.3) is 0 Å². The van der Waals surface area contributed by atoms with Crippen molar-refractivity contribution in [1.29, 1.82) is 0 Å². The van der Waals surface area contributed by atoms with Crippen LogP contribution in [0.3, 0.4) is 0 Å². The number of aliphatic imine (C=N–C) groups is 1. The second-order valence-corrected chi connectivity index (χ2v) is 6.77. The van der Waals surface area contributed by atoms with Crippen molar-refractivity contribution in [3.8, 4) is 0 Å². The minimum Gasteiger partial charge on any atom is -0.381 e. The summed E-state index contributed by atoms with van der Waals surface area (Å²) in [5.41, 5.74) is 0. The molecule has 1 aromatic rings. The minimum absolute atomic E-state index is 0.826. The first kappa shape index (κ1) is 18.0. The van der Waals surface area contributed by atoms with E-state index in [4.69, 9.17) is 9.73 Å². The van der Waals surface area contributed by atoms with Gasteiger partial charge in [0.05, 0.1) is 0 Å². The van der Waals surface area contributed by atoms with E-state index in [1.54, 1.807) is 0 Å². The number of nitrogens with zero attached hydrogens (tertiary/aromatic N) is 4. The predicted molar refractivity (Wildman–Crippen MR) is 102 cm³/mol. The number of rotatable bonds is 8. The number of nitrogens with one attached hydrogen (secondary N) is 1. The summed E-state index contributed by atoms with van der Waals surface area (Å²) in [6.45, 7) is 9.52. The highest BCUT2D eigenvalue weighted by molar-refractivity contribution is 5.80. The molecule has 0 amide bonds. The fourth-order valence-electron chi connectivity index (χ4n) is 3.00. The van der Waals surface area contributed by atoms with Crippen LogP contribution in [0.1, 0.15) is 26.2 Å². The molecule has 0 aromatic carbocycles. The standard InChI is InChI=1S/C19H31N5O/c1-2-20-19(22-10-5-15-25-16-17-7-8-17)24-13-11-23(12-14-24)18-6-3-4-9-21-18/h3-4,6,9,17H,2,5,7-8,10-16H2,1H3,(H,20,22). The molecule has 6 nitrogen and oxygen atoms in total. The zero-order chi connectivity index (χ0) is 17.3. The summed E-state index contributed by atoms with van der Waals surface area (Å²) in [6.07, 6.45) is 5.56. The molecular formula is C19H31N5O. The summed E-state index contributed by atoms with van der Waals surface area (Å²) < 4.78 is 5.69. The zero-order valence-corrected chi connectivity index (χ0v) is 15.4. The first-order valence-electron chi connectivity index (χ1n) is 9.64. The lowest BCUT2D eigenvalue weighted by molar-refractivity contribution is 0.123. The fourth-order valence-corrected chi connectivity index (χ4v) is 3.00. The molecule has 2 aliphatic rings. The Morgan fingerprint density at radius 3 is 2.80 bits per heavy atom. The van der Waals surface area contributed by atoms with Crippen molar-refractivity contribution in [2.45, 2.75) is 26.2 Å². The van der Waals surface area contributed by atoms with Crippen LogP contribution in [-0.2, 0) is 4.74 Å². The largest absolute Gasteiger partial charge is 0.381 e. The Morgan fingerprint density at radius 1 is 1.28 bits per heavy atom. The van der Waals surface area contributed by atoms with E-state index in [1.807, 2.05) is 18.3 Å². The molecule has 0 atom stereocenters. The lowest BCUT2D eigenvalue weighted by Gasteiger charge is -2.37. The van der Waals surface area contributed by atoms with Gasteiger partial charge in [-0.25, -0.2) is 4.98 Å². The average molecular weight is 345 g/mol. The third-order valence-corrected chi connectivity index (χ3v) is 4.65. The summed E-state index contributed by atoms with van der Waals surface area (Å²) in [5, 5.41) is 3.43. The third-order valence-electron chi connectivity index (χ3n) is 4.65. The summed E-state index contributed by atoms with van der Waals surface area (Å²) in [7, 11) is 0. The maximum atomic E-state index is 5.69. The van der Waals surface area contributed by atoms with Gasteiger partial charge in [-0.3, -0.25) is 4.99 Å². The van der Waals surface area contributed by atoms with E-state index < -0.39 is 0 Å². The Balaban J connectivity index is 1.41. The molecule has 3 rings (SSSR count). The number of aromatic nitrogens is 1. The molecule has 1 saturated heterocycles. The Hall–Kier alpha value is -1.82. The fraction of sp³-hybridized carbons (Fsp3) is 0.684. The molecule has 6 heteroatoms. The quantitative estimate of drug-likeness (QED) is 0.444. The molecule has 25 heavy (non-hydrogen) atoms. The number of pyridine rings is 1. The summed E-state index contributed by atoms with van der Waals surface area (Å²) in [6, 6.07) is 6.09. The number of piperazine rings is 1. The molecule has 2 fully saturated rings. The molecule has 0 radical (unpaired) electrons. The Bertz CT molecular complexity index is 524. The van der Waals surface area contributed by atoms with Gasteiger partial charge in [0.1, 0.15) is 5.82 Å². The van der Waals surface area contributed by atoms with E-state index in [-0.39, 0.29) is 0 Å². The van der Waals surface area contributed by atoms with Crippen LogP contribution in [0.4, 0.5) is 5.82 Å². The van der Waals surface area contributed by atoms with Gasteiger partial charge in [-0.15, -0.1) is 0 Å². The summed E-state index contributed by atoms with van der Waals surface area (Å²) in [4.78, 5) is 13.9. The van der Waals surface area contributed by atoms with E-state index in [0.29, 0.717) is 0 Å². The highest BCUT2D eigenvalue weighted by Gasteiger charge is 2.21. The summed E-state index contributed by atoms with van der Waals surface area (Å²) >= 11 is 0. The molecule has 2 heterocycles. The number of hydrogen-bond donors (Lipinski definition) is 1. The second kappa shape index (κ2) is 9.61. The molecule has 0 spiro atoms. The molecular weight excluding hydrogens is 314 g/mol. The molecule has 1 N–H and O–H groups in total. The molecule has 1 aliphatic carbocycles. The van der Waals surface area contributed by atoms with Crippen molar-refractivity contribution in [2.24, 2.45) is 10.9 Å². The van der Waals surface area contributed by atoms with Gasteiger partial charge in [-0.1, -0.05) is 6.07 Å². The van der Waals surface area contributed by atoms with Gasteiger partial charge >= 0.3 is 0 Å². The normalized spacial score (nSPS) is 18.5. The lowest BCUT2D eigenvalue weighted by atomic mass is 10.3. The van der Waals surface area contributed by atoms with Crippen molar-refractivity contribution in [3.05, 3.63) is 24.4 Å². The zero-order valence-electron chi connectivity index (χ0n) is 15.4. The van der Waals surface area contributed by atoms with E-state index >= 15 is 0 Å². The van der Waals surface area contributed by atoms with Gasteiger partial charge in [0.15, 0.2) is 5.96 Å². The van der Waals surface area contributed by atoms with Gasteiger partial charge in [0.2, 0.25) is 0 Å². The summed E-state index contributed by atoms with van der Waals surface area (Å²) in [5.74, 6) is 2.94. The van der Waals surface area contributed by atoms with Gasteiger partial charge < -0.3 is 19.9 Å². The van der Waals surface area contributed by atoms with Crippen LogP contribution in [-0.4, -0.2) is 68.3 Å². The van der Waals surface area contributed by atoms with Crippen molar-refractivity contribution in [2.75, 3.05) is 57.4 Å². The first-order chi connectivity index (χ1) is 12.4. The number of hydrogen-bond acceptors (Lipinski definition) is 4. The smallest absolute Gasteiger partial charge is 0.194 e. The third kappa shape index (κ3) is 5.88. The highest BCUT2D eigenvalue weighted by Crippen LogP contribution is 2.28. The molecule has 1 aliphatic heterocycles. The van der Waals surface area contributed by atoms with Crippen molar-refractivity contribution in [3.63, 3.8) is 0 Å². The molecule has 1 saturated carbocycles. The van der Waals surface area contributed by atoms with E-state index in [1.165, 1.54) is 12.8 Å². The van der Waals surface area contributed by atoms with Crippen LogP contribution < -0.4 is 10.2 Å². The van der Waals surface area contributed by atoms with Crippen LogP contribution in [0.15, 0.2) is 29.4 Å². The molecule has 1 aromatic heterocycles. The minimum atomic E-state index is 0.826. The van der Waals surface area contributed by atoms with Gasteiger partial charge in [0, 0.05) is 58.7 Å². The van der Waals surface area contributed by atoms with Crippen LogP contribution >= 0.6 is 0 Å². The number of ether oxygens (including phenoxy) is 1. The lowest BCUT2D eigenvalue weighted by Crippen LogP contribution is -2.52. The van der Waals surface area contributed by atoms with Gasteiger partial charge in [-0.2, -0.15) is 0 Å². The molecule has 0 unspecified atom stereocenters. The Morgan fingerprint density at radius 2 is 2.12 bits per heavy atom. The Kier molecular flexibility index (Phi) is 6.91. The van der Waals surface area contributed by atoms with E-state index in [2.05, 4.69) is 33.1 Å². The Labute approximate surface area is 151 Å². The number of anilines is 1. The SMILES string of the molecule is CCNC(=NCCCOCC1CC1)N1CCN(c2ccccn2)CC1. The average Bonchev–Trinajstić information content (AvgIpc) is 3.49. The van der Waals surface area contributed by atoms with E-state index in [9.17, 15) is 0 Å². The van der Waals surface area contributed by atoms with E-state index in [0.717, 1.165) is 76.6 Å². The molecule has 0 bridgehead atoms. The van der Waals surface area contributed by atoms with Crippen molar-refractivity contribution in [1.82, 2.24) is 15.2 Å². The maximum absolute atomic E-state index is 5.69. The monoisotopic (exact) mass is 345 g/mol. The van der Waals surface area contributed by atoms with Gasteiger partial charge in [0.25, 0.3) is 0 Å². The highest BCUT2D eigenvalue weighted by atomic mass is 16.5. The van der Waals surface area contributed by atoms with Crippen LogP contribution in [0.5, 0.6) is 0 Å². The number of guanidine groups is 1. The maximum Gasteiger partial charge on any atom is 0.194 e. The van der Waals surface area contributed by atoms with Crippen molar-refractivity contribution < 1.29 is 4.74 Å².